The second kappa shape index (κ2) is 3.82. The van der Waals surface area contributed by atoms with E-state index >= 15 is 0 Å². The lowest BCUT2D eigenvalue weighted by molar-refractivity contribution is 0.0625. The molecule has 0 aromatic heterocycles. The van der Waals surface area contributed by atoms with Gasteiger partial charge in [0.15, 0.2) is 0 Å². The molecule has 1 aliphatic rings. The van der Waals surface area contributed by atoms with Crippen LogP contribution in [-0.4, -0.2) is 28.8 Å². The summed E-state index contributed by atoms with van der Waals surface area (Å²) in [4.78, 5) is 25.2. The van der Waals surface area contributed by atoms with E-state index in [-0.39, 0.29) is 18.4 Å². The van der Waals surface area contributed by atoms with Crippen molar-refractivity contribution in [3.8, 4) is 0 Å². The lowest BCUT2D eigenvalue weighted by atomic mass is 10.1. The number of carbonyl (C=O) groups excluding carboxylic acids is 2. The molecule has 90 valence electrons. The van der Waals surface area contributed by atoms with E-state index in [1.807, 2.05) is 0 Å². The number of hydrogen-bond donors (Lipinski definition) is 1. The average Bonchev–Trinajstić information content (AvgIpc) is 2.42. The van der Waals surface area contributed by atoms with Crippen LogP contribution >= 0.6 is 11.6 Å². The van der Waals surface area contributed by atoms with Crippen molar-refractivity contribution in [2.24, 2.45) is 5.73 Å². The van der Waals surface area contributed by atoms with Crippen molar-refractivity contribution < 1.29 is 9.59 Å². The summed E-state index contributed by atoms with van der Waals surface area (Å²) in [6.07, 6.45) is 0. The van der Waals surface area contributed by atoms with Gasteiger partial charge in [0.25, 0.3) is 11.8 Å². The molecule has 1 aromatic rings. The fourth-order valence-corrected chi connectivity index (χ4v) is 1.99. The molecule has 0 bridgehead atoms. The van der Waals surface area contributed by atoms with E-state index in [1.165, 1.54) is 11.0 Å². The van der Waals surface area contributed by atoms with Crippen LogP contribution in [0, 0.1) is 0 Å². The Hall–Kier alpha value is -1.39. The van der Waals surface area contributed by atoms with Gasteiger partial charge in [-0.25, -0.2) is 0 Å². The molecule has 1 aliphatic heterocycles. The first-order valence-corrected chi connectivity index (χ1v) is 5.62. The van der Waals surface area contributed by atoms with E-state index < -0.39 is 5.54 Å². The molecule has 0 unspecified atom stereocenters. The van der Waals surface area contributed by atoms with Crippen LogP contribution in [0.2, 0.25) is 5.02 Å². The van der Waals surface area contributed by atoms with Gasteiger partial charge in [-0.2, -0.15) is 0 Å². The second-order valence-electron chi connectivity index (χ2n) is 4.87. The standard InChI is InChI=1S/C12H13ClN2O2/c1-12(2,14)6-15-10(16)8-4-3-7(13)5-9(8)11(15)17/h3-5H,6,14H2,1-2H3. The molecule has 0 atom stereocenters. The summed E-state index contributed by atoms with van der Waals surface area (Å²) in [5, 5.41) is 0.443. The van der Waals surface area contributed by atoms with Crippen molar-refractivity contribution in [3.05, 3.63) is 34.3 Å². The number of rotatable bonds is 2. The zero-order valence-electron chi connectivity index (χ0n) is 9.66. The number of fused-ring (bicyclic) bond motifs is 1. The summed E-state index contributed by atoms with van der Waals surface area (Å²) in [6, 6.07) is 4.69. The predicted molar refractivity (Wildman–Crippen MR) is 65.1 cm³/mol. The van der Waals surface area contributed by atoms with Crippen LogP contribution in [0.4, 0.5) is 0 Å². The van der Waals surface area contributed by atoms with Crippen LogP contribution in [0.3, 0.4) is 0 Å². The third-order valence-electron chi connectivity index (χ3n) is 2.50. The molecule has 0 saturated carbocycles. The van der Waals surface area contributed by atoms with Gasteiger partial charge in [-0.3, -0.25) is 14.5 Å². The summed E-state index contributed by atoms with van der Waals surface area (Å²) >= 11 is 5.81. The number of halogens is 1. The third kappa shape index (κ3) is 2.18. The molecule has 0 radical (unpaired) electrons. The summed E-state index contributed by atoms with van der Waals surface area (Å²) in [5.74, 6) is -0.633. The first-order valence-electron chi connectivity index (χ1n) is 5.24. The van der Waals surface area contributed by atoms with Crippen LogP contribution in [0.1, 0.15) is 34.6 Å². The fourth-order valence-electron chi connectivity index (χ4n) is 1.81. The van der Waals surface area contributed by atoms with E-state index in [4.69, 9.17) is 17.3 Å². The highest BCUT2D eigenvalue weighted by Gasteiger charge is 2.37. The first-order chi connectivity index (χ1) is 7.79. The van der Waals surface area contributed by atoms with E-state index in [9.17, 15) is 9.59 Å². The zero-order valence-corrected chi connectivity index (χ0v) is 10.4. The molecule has 0 spiro atoms. The van der Waals surface area contributed by atoms with Gasteiger partial charge in [0, 0.05) is 17.1 Å². The van der Waals surface area contributed by atoms with Crippen LogP contribution < -0.4 is 5.73 Å². The predicted octanol–water partition coefficient (Wildman–Crippen LogP) is 1.67. The molecule has 0 fully saturated rings. The van der Waals surface area contributed by atoms with Gasteiger partial charge in [-0.05, 0) is 32.0 Å². The monoisotopic (exact) mass is 252 g/mol. The number of hydrogen-bond acceptors (Lipinski definition) is 3. The first kappa shape index (κ1) is 12.1. The van der Waals surface area contributed by atoms with Crippen LogP contribution in [0.15, 0.2) is 18.2 Å². The average molecular weight is 253 g/mol. The highest BCUT2D eigenvalue weighted by atomic mass is 35.5. The largest absolute Gasteiger partial charge is 0.324 e. The summed E-state index contributed by atoms with van der Waals surface area (Å²) < 4.78 is 0. The van der Waals surface area contributed by atoms with Crippen molar-refractivity contribution in [2.75, 3.05) is 6.54 Å². The number of nitrogens with zero attached hydrogens (tertiary/aromatic N) is 1. The van der Waals surface area contributed by atoms with Gasteiger partial charge < -0.3 is 5.73 Å². The second-order valence-corrected chi connectivity index (χ2v) is 5.31. The summed E-state index contributed by atoms with van der Waals surface area (Å²) in [6.45, 7) is 3.73. The number of imide groups is 1. The molecule has 4 nitrogen and oxygen atoms in total. The molecular formula is C12H13ClN2O2. The van der Waals surface area contributed by atoms with E-state index in [1.54, 1.807) is 26.0 Å². The molecule has 0 saturated heterocycles. The Morgan fingerprint density at radius 2 is 1.82 bits per heavy atom. The molecule has 2 N–H and O–H groups in total. The maximum absolute atomic E-state index is 12.0. The minimum absolute atomic E-state index is 0.191. The van der Waals surface area contributed by atoms with Gasteiger partial charge >= 0.3 is 0 Å². The molecule has 17 heavy (non-hydrogen) atoms. The maximum atomic E-state index is 12.0. The number of amides is 2. The fraction of sp³-hybridized carbons (Fsp3) is 0.333. The Morgan fingerprint density at radius 3 is 2.41 bits per heavy atom. The Morgan fingerprint density at radius 1 is 1.24 bits per heavy atom. The molecule has 5 heteroatoms. The quantitative estimate of drug-likeness (QED) is 0.815. The van der Waals surface area contributed by atoms with E-state index in [2.05, 4.69) is 0 Å². The SMILES string of the molecule is CC(C)(N)CN1C(=O)c2ccc(Cl)cc2C1=O. The van der Waals surface area contributed by atoms with Gasteiger partial charge in [0.2, 0.25) is 0 Å². The molecule has 2 rings (SSSR count). The Labute approximate surface area is 104 Å². The highest BCUT2D eigenvalue weighted by molar-refractivity contribution is 6.32. The van der Waals surface area contributed by atoms with Gasteiger partial charge in [0.05, 0.1) is 11.1 Å². The summed E-state index contributed by atoms with van der Waals surface area (Å²) in [7, 11) is 0. The van der Waals surface area contributed by atoms with Gasteiger partial charge in [-0.15, -0.1) is 0 Å². The number of benzene rings is 1. The Bertz CT molecular complexity index is 506. The normalized spacial score (nSPS) is 15.4. The van der Waals surface area contributed by atoms with Crippen molar-refractivity contribution in [1.82, 2.24) is 4.90 Å². The van der Waals surface area contributed by atoms with E-state index in [0.717, 1.165) is 0 Å². The van der Waals surface area contributed by atoms with Crippen LogP contribution in [0.5, 0.6) is 0 Å². The molecule has 1 aromatic carbocycles. The van der Waals surface area contributed by atoms with Gasteiger partial charge in [-0.1, -0.05) is 11.6 Å². The molecular weight excluding hydrogens is 240 g/mol. The molecule has 1 heterocycles. The minimum Gasteiger partial charge on any atom is -0.324 e. The Balaban J connectivity index is 2.39. The topological polar surface area (TPSA) is 63.4 Å². The van der Waals surface area contributed by atoms with Crippen molar-refractivity contribution in [2.45, 2.75) is 19.4 Å². The highest BCUT2D eigenvalue weighted by Crippen LogP contribution is 2.26. The van der Waals surface area contributed by atoms with Crippen LogP contribution in [0.25, 0.3) is 0 Å². The lowest BCUT2D eigenvalue weighted by Gasteiger charge is -2.24. The lowest BCUT2D eigenvalue weighted by Crippen LogP contribution is -2.47. The molecule has 0 aliphatic carbocycles. The minimum atomic E-state index is -0.614. The number of nitrogens with two attached hydrogens (primary N) is 1. The molecule has 2 amide bonds. The zero-order chi connectivity index (χ0) is 12.8. The van der Waals surface area contributed by atoms with E-state index in [0.29, 0.717) is 16.1 Å². The Kier molecular flexibility index (Phi) is 2.72. The van der Waals surface area contributed by atoms with Crippen molar-refractivity contribution >= 4 is 23.4 Å². The smallest absolute Gasteiger partial charge is 0.261 e. The van der Waals surface area contributed by atoms with Gasteiger partial charge in [0.1, 0.15) is 0 Å². The van der Waals surface area contributed by atoms with Crippen LogP contribution in [-0.2, 0) is 0 Å². The number of carbonyl (C=O) groups is 2. The van der Waals surface area contributed by atoms with Crippen molar-refractivity contribution in [3.63, 3.8) is 0 Å². The van der Waals surface area contributed by atoms with Crippen molar-refractivity contribution in [1.29, 1.82) is 0 Å². The maximum Gasteiger partial charge on any atom is 0.261 e. The third-order valence-corrected chi connectivity index (χ3v) is 2.73. The summed E-state index contributed by atoms with van der Waals surface area (Å²) in [5.41, 5.74) is 5.96.